The maximum atomic E-state index is 13.2. The van der Waals surface area contributed by atoms with Crippen LogP contribution in [0, 0.1) is 18.6 Å². The lowest BCUT2D eigenvalue weighted by Crippen LogP contribution is -2.20. The number of nitrogens with zero attached hydrogens (tertiary/aromatic N) is 1. The molecule has 19 heavy (non-hydrogen) atoms. The monoisotopic (exact) mass is 284 g/mol. The standard InChI is InChI=1S/C12H10F2N2O2S/c1-7-5-15-12(19-7)16-11(17)6-18-10-3-2-8(13)4-9(10)14/h2-5H,6H2,1H3,(H,15,16,17). The maximum absolute atomic E-state index is 13.2. The van der Waals surface area contributed by atoms with E-state index in [9.17, 15) is 13.6 Å². The van der Waals surface area contributed by atoms with Gasteiger partial charge in [0.2, 0.25) is 0 Å². The summed E-state index contributed by atoms with van der Waals surface area (Å²) in [6.07, 6.45) is 1.63. The summed E-state index contributed by atoms with van der Waals surface area (Å²) in [5, 5.41) is 2.96. The number of hydrogen-bond donors (Lipinski definition) is 1. The number of rotatable bonds is 4. The zero-order chi connectivity index (χ0) is 13.8. The van der Waals surface area contributed by atoms with E-state index in [2.05, 4.69) is 10.3 Å². The van der Waals surface area contributed by atoms with Crippen molar-refractivity contribution in [1.29, 1.82) is 0 Å². The number of nitrogens with one attached hydrogen (secondary N) is 1. The normalized spacial score (nSPS) is 10.3. The summed E-state index contributed by atoms with van der Waals surface area (Å²) < 4.78 is 30.8. The van der Waals surface area contributed by atoms with Crippen molar-refractivity contribution in [3.8, 4) is 5.75 Å². The largest absolute Gasteiger partial charge is 0.481 e. The van der Waals surface area contributed by atoms with Gasteiger partial charge in [0.05, 0.1) is 0 Å². The molecule has 0 radical (unpaired) electrons. The molecule has 4 nitrogen and oxygen atoms in total. The van der Waals surface area contributed by atoms with Crippen LogP contribution in [0.5, 0.6) is 5.75 Å². The smallest absolute Gasteiger partial charge is 0.264 e. The Labute approximate surface area is 112 Å². The number of aromatic nitrogens is 1. The highest BCUT2D eigenvalue weighted by Gasteiger charge is 2.09. The molecule has 2 aromatic rings. The van der Waals surface area contributed by atoms with Crippen LogP contribution in [0.15, 0.2) is 24.4 Å². The van der Waals surface area contributed by atoms with Gasteiger partial charge in [-0.1, -0.05) is 0 Å². The third kappa shape index (κ3) is 3.72. The third-order valence-corrected chi connectivity index (χ3v) is 2.95. The van der Waals surface area contributed by atoms with Crippen molar-refractivity contribution in [2.45, 2.75) is 6.92 Å². The molecule has 0 unspecified atom stereocenters. The number of benzene rings is 1. The van der Waals surface area contributed by atoms with E-state index in [0.29, 0.717) is 11.2 Å². The van der Waals surface area contributed by atoms with Gasteiger partial charge in [0, 0.05) is 17.1 Å². The van der Waals surface area contributed by atoms with E-state index < -0.39 is 17.5 Å². The molecular formula is C12H10F2N2O2S. The number of hydrogen-bond acceptors (Lipinski definition) is 4. The van der Waals surface area contributed by atoms with Crippen molar-refractivity contribution in [2.24, 2.45) is 0 Å². The zero-order valence-electron chi connectivity index (χ0n) is 9.94. The van der Waals surface area contributed by atoms with E-state index in [4.69, 9.17) is 4.74 Å². The SMILES string of the molecule is Cc1cnc(NC(=O)COc2ccc(F)cc2F)s1. The molecule has 1 aromatic heterocycles. The van der Waals surface area contributed by atoms with Gasteiger partial charge in [-0.15, -0.1) is 11.3 Å². The first-order valence-electron chi connectivity index (χ1n) is 5.35. The number of halogens is 2. The number of anilines is 1. The molecule has 1 heterocycles. The van der Waals surface area contributed by atoms with E-state index in [-0.39, 0.29) is 12.4 Å². The number of aryl methyl sites for hydroxylation is 1. The van der Waals surface area contributed by atoms with Gasteiger partial charge in [0.15, 0.2) is 23.3 Å². The molecule has 0 bridgehead atoms. The summed E-state index contributed by atoms with van der Waals surface area (Å²) in [5.41, 5.74) is 0. The Balaban J connectivity index is 1.89. The molecule has 1 amide bonds. The fourth-order valence-corrected chi connectivity index (χ4v) is 1.98. The first-order valence-corrected chi connectivity index (χ1v) is 6.16. The molecule has 100 valence electrons. The van der Waals surface area contributed by atoms with Crippen LogP contribution in [-0.2, 0) is 4.79 Å². The minimum atomic E-state index is -0.849. The predicted molar refractivity (Wildman–Crippen MR) is 67.3 cm³/mol. The molecule has 0 saturated heterocycles. The van der Waals surface area contributed by atoms with Crippen LogP contribution in [0.2, 0.25) is 0 Å². The Bertz CT molecular complexity index is 601. The molecule has 0 aliphatic heterocycles. The highest BCUT2D eigenvalue weighted by atomic mass is 32.1. The van der Waals surface area contributed by atoms with Crippen molar-refractivity contribution in [3.05, 3.63) is 40.9 Å². The van der Waals surface area contributed by atoms with Gasteiger partial charge in [0.25, 0.3) is 5.91 Å². The molecule has 7 heteroatoms. The Morgan fingerprint density at radius 2 is 2.26 bits per heavy atom. The van der Waals surface area contributed by atoms with Crippen LogP contribution < -0.4 is 10.1 Å². The van der Waals surface area contributed by atoms with Crippen molar-refractivity contribution in [2.75, 3.05) is 11.9 Å². The lowest BCUT2D eigenvalue weighted by Gasteiger charge is -2.06. The molecule has 0 atom stereocenters. The van der Waals surface area contributed by atoms with Gasteiger partial charge in [0.1, 0.15) is 5.82 Å². The van der Waals surface area contributed by atoms with Gasteiger partial charge in [-0.2, -0.15) is 0 Å². The third-order valence-electron chi connectivity index (χ3n) is 2.12. The van der Waals surface area contributed by atoms with E-state index in [1.54, 1.807) is 6.20 Å². The fourth-order valence-electron chi connectivity index (χ4n) is 1.30. The summed E-state index contributed by atoms with van der Waals surface area (Å²) in [7, 11) is 0. The lowest BCUT2D eigenvalue weighted by atomic mass is 10.3. The van der Waals surface area contributed by atoms with Crippen LogP contribution in [0.1, 0.15) is 4.88 Å². The van der Waals surface area contributed by atoms with E-state index in [1.807, 2.05) is 6.92 Å². The Kier molecular flexibility index (Phi) is 4.06. The lowest BCUT2D eigenvalue weighted by molar-refractivity contribution is -0.118. The zero-order valence-corrected chi connectivity index (χ0v) is 10.8. The van der Waals surface area contributed by atoms with Crippen LogP contribution in [0.25, 0.3) is 0 Å². The second-order valence-electron chi connectivity index (χ2n) is 3.69. The molecule has 0 saturated carbocycles. The number of carbonyl (C=O) groups is 1. The highest BCUT2D eigenvalue weighted by molar-refractivity contribution is 7.15. The van der Waals surface area contributed by atoms with Gasteiger partial charge in [-0.25, -0.2) is 13.8 Å². The van der Waals surface area contributed by atoms with Gasteiger partial charge >= 0.3 is 0 Å². The molecule has 1 aromatic carbocycles. The average molecular weight is 284 g/mol. The minimum absolute atomic E-state index is 0.174. The summed E-state index contributed by atoms with van der Waals surface area (Å²) in [5.74, 6) is -2.18. The van der Waals surface area contributed by atoms with Gasteiger partial charge in [-0.3, -0.25) is 10.1 Å². The molecule has 2 rings (SSSR count). The summed E-state index contributed by atoms with van der Waals surface area (Å²) in [4.78, 5) is 16.4. The first kappa shape index (κ1) is 13.4. The van der Waals surface area contributed by atoms with Gasteiger partial charge in [-0.05, 0) is 19.1 Å². The van der Waals surface area contributed by atoms with Crippen molar-refractivity contribution < 1.29 is 18.3 Å². The predicted octanol–water partition coefficient (Wildman–Crippen LogP) is 2.75. The molecule has 0 aliphatic carbocycles. The van der Waals surface area contributed by atoms with Crippen molar-refractivity contribution >= 4 is 22.4 Å². The Morgan fingerprint density at radius 1 is 1.47 bits per heavy atom. The molecule has 0 fully saturated rings. The minimum Gasteiger partial charge on any atom is -0.481 e. The highest BCUT2D eigenvalue weighted by Crippen LogP contribution is 2.18. The summed E-state index contributed by atoms with van der Waals surface area (Å²) in [6, 6.07) is 2.88. The van der Waals surface area contributed by atoms with E-state index in [0.717, 1.165) is 17.0 Å². The molecular weight excluding hydrogens is 274 g/mol. The number of amides is 1. The number of ether oxygens (including phenoxy) is 1. The average Bonchev–Trinajstić information content (AvgIpc) is 2.73. The van der Waals surface area contributed by atoms with Crippen LogP contribution >= 0.6 is 11.3 Å². The maximum Gasteiger partial charge on any atom is 0.264 e. The van der Waals surface area contributed by atoms with Crippen molar-refractivity contribution in [3.63, 3.8) is 0 Å². The van der Waals surface area contributed by atoms with Crippen LogP contribution in [0.3, 0.4) is 0 Å². The second kappa shape index (κ2) is 5.75. The number of carbonyl (C=O) groups excluding carboxylic acids is 1. The van der Waals surface area contributed by atoms with E-state index in [1.165, 1.54) is 11.3 Å². The fraction of sp³-hybridized carbons (Fsp3) is 0.167. The Morgan fingerprint density at radius 3 is 2.89 bits per heavy atom. The Hall–Kier alpha value is -2.02. The topological polar surface area (TPSA) is 51.2 Å². The molecule has 1 N–H and O–H groups in total. The molecule has 0 aliphatic rings. The summed E-state index contributed by atoms with van der Waals surface area (Å²) in [6.45, 7) is 1.49. The quantitative estimate of drug-likeness (QED) is 0.939. The first-order chi connectivity index (χ1) is 9.04. The van der Waals surface area contributed by atoms with E-state index >= 15 is 0 Å². The number of thiazole rings is 1. The van der Waals surface area contributed by atoms with Crippen LogP contribution in [0.4, 0.5) is 13.9 Å². The summed E-state index contributed by atoms with van der Waals surface area (Å²) >= 11 is 1.32. The second-order valence-corrected chi connectivity index (χ2v) is 4.92. The van der Waals surface area contributed by atoms with Crippen LogP contribution in [-0.4, -0.2) is 17.5 Å². The molecule has 0 spiro atoms. The van der Waals surface area contributed by atoms with Gasteiger partial charge < -0.3 is 4.74 Å². The van der Waals surface area contributed by atoms with Crippen molar-refractivity contribution in [1.82, 2.24) is 4.98 Å².